The van der Waals surface area contributed by atoms with Crippen LogP contribution >= 0.6 is 24.0 Å². The first kappa shape index (κ1) is 24.9. The van der Waals surface area contributed by atoms with Gasteiger partial charge >= 0.3 is 0 Å². The fourth-order valence-corrected chi connectivity index (χ4v) is 4.60. The molecule has 2 unspecified atom stereocenters. The number of likely N-dealkylation sites (N-methyl/N-ethyl adjacent to an activating group) is 1. The van der Waals surface area contributed by atoms with E-state index in [9.17, 15) is 0 Å². The molecule has 7 heteroatoms. The number of guanidine groups is 1. The highest BCUT2D eigenvalue weighted by Crippen LogP contribution is 2.48. The second-order valence-corrected chi connectivity index (χ2v) is 7.81. The van der Waals surface area contributed by atoms with Crippen molar-refractivity contribution < 1.29 is 4.74 Å². The van der Waals surface area contributed by atoms with Crippen molar-refractivity contribution in [2.75, 3.05) is 60.0 Å². The van der Waals surface area contributed by atoms with E-state index in [1.54, 1.807) is 0 Å². The summed E-state index contributed by atoms with van der Waals surface area (Å²) in [5.74, 6) is 0.933. The maximum absolute atomic E-state index is 5.99. The molecule has 0 bridgehead atoms. The van der Waals surface area contributed by atoms with E-state index in [-0.39, 0.29) is 29.4 Å². The van der Waals surface area contributed by atoms with Crippen LogP contribution in [-0.4, -0.2) is 87.9 Å². The zero-order valence-electron chi connectivity index (χ0n) is 18.1. The van der Waals surface area contributed by atoms with Gasteiger partial charge in [-0.1, -0.05) is 13.8 Å². The molecule has 0 aromatic heterocycles. The van der Waals surface area contributed by atoms with E-state index in [2.05, 4.69) is 53.2 Å². The Morgan fingerprint density at radius 1 is 1.15 bits per heavy atom. The minimum absolute atomic E-state index is 0. The zero-order valence-corrected chi connectivity index (χ0v) is 20.4. The number of nitrogens with one attached hydrogen (secondary N) is 2. The van der Waals surface area contributed by atoms with Crippen LogP contribution in [0, 0.1) is 5.41 Å². The fraction of sp³-hybridized carbons (Fsp3) is 0.950. The minimum Gasteiger partial charge on any atom is -0.378 e. The van der Waals surface area contributed by atoms with Gasteiger partial charge in [-0.05, 0) is 52.7 Å². The molecule has 1 aliphatic heterocycles. The van der Waals surface area contributed by atoms with E-state index in [4.69, 9.17) is 4.74 Å². The van der Waals surface area contributed by atoms with Crippen molar-refractivity contribution in [2.45, 2.75) is 58.6 Å². The van der Waals surface area contributed by atoms with E-state index < -0.39 is 0 Å². The third-order valence-corrected chi connectivity index (χ3v) is 6.54. The summed E-state index contributed by atoms with van der Waals surface area (Å²) in [7, 11) is 4.09. The minimum atomic E-state index is 0. The summed E-state index contributed by atoms with van der Waals surface area (Å²) in [4.78, 5) is 9.44. The number of hydrogen-bond acceptors (Lipinski definition) is 4. The van der Waals surface area contributed by atoms with Gasteiger partial charge in [-0.3, -0.25) is 4.99 Å². The molecule has 27 heavy (non-hydrogen) atoms. The Bertz CT molecular complexity index is 444. The largest absolute Gasteiger partial charge is 0.378 e. The van der Waals surface area contributed by atoms with Gasteiger partial charge < -0.3 is 25.2 Å². The highest BCUT2D eigenvalue weighted by Gasteiger charge is 2.53. The molecule has 2 atom stereocenters. The third-order valence-electron chi connectivity index (χ3n) is 6.54. The average Bonchev–Trinajstić information content (AvgIpc) is 2.85. The van der Waals surface area contributed by atoms with Crippen LogP contribution in [0.25, 0.3) is 0 Å². The molecule has 2 aliphatic rings. The lowest BCUT2D eigenvalue weighted by Crippen LogP contribution is -2.65. The topological polar surface area (TPSA) is 52.1 Å². The molecule has 0 aromatic carbocycles. The zero-order chi connectivity index (χ0) is 19.0. The number of rotatable bonds is 8. The molecule has 1 saturated heterocycles. The van der Waals surface area contributed by atoms with E-state index in [1.165, 1.54) is 26.1 Å². The van der Waals surface area contributed by atoms with Crippen LogP contribution in [0.4, 0.5) is 0 Å². The van der Waals surface area contributed by atoms with Gasteiger partial charge in [0.1, 0.15) is 0 Å². The standard InChI is InChI=1S/C20H41N5O.HI/c1-6-20(7-2)17(16-18(20)26-8-3)23-19(21-4)22-10-13-25-12-9-11-24(5)14-15-25;/h17-18H,6-16H2,1-5H3,(H2,21,22,23);1H. The molecule has 160 valence electrons. The van der Waals surface area contributed by atoms with Crippen molar-refractivity contribution in [1.82, 2.24) is 20.4 Å². The van der Waals surface area contributed by atoms with Crippen LogP contribution < -0.4 is 10.6 Å². The Hall–Kier alpha value is -0.120. The normalized spacial score (nSPS) is 26.6. The van der Waals surface area contributed by atoms with E-state index >= 15 is 0 Å². The first-order valence-electron chi connectivity index (χ1n) is 10.6. The Kier molecular flexibility index (Phi) is 11.5. The molecule has 2 N–H and O–H groups in total. The van der Waals surface area contributed by atoms with E-state index in [0.29, 0.717) is 12.1 Å². The molecule has 0 radical (unpaired) electrons. The molecule has 0 spiro atoms. The van der Waals surface area contributed by atoms with Gasteiger partial charge in [-0.25, -0.2) is 0 Å². The van der Waals surface area contributed by atoms with Gasteiger partial charge in [0.05, 0.1) is 6.10 Å². The lowest BCUT2D eigenvalue weighted by atomic mass is 9.58. The Morgan fingerprint density at radius 3 is 2.52 bits per heavy atom. The molecular formula is C20H42IN5O. The highest BCUT2D eigenvalue weighted by atomic mass is 127. The Balaban J connectivity index is 0.00000364. The number of halogens is 1. The van der Waals surface area contributed by atoms with Crippen molar-refractivity contribution in [2.24, 2.45) is 10.4 Å². The maximum Gasteiger partial charge on any atom is 0.191 e. The fourth-order valence-electron chi connectivity index (χ4n) is 4.60. The van der Waals surface area contributed by atoms with Crippen LogP contribution in [0.3, 0.4) is 0 Å². The van der Waals surface area contributed by atoms with Gasteiger partial charge in [0, 0.05) is 51.3 Å². The second kappa shape index (κ2) is 12.4. The first-order chi connectivity index (χ1) is 12.6. The second-order valence-electron chi connectivity index (χ2n) is 7.81. The van der Waals surface area contributed by atoms with Crippen LogP contribution in [-0.2, 0) is 4.74 Å². The number of nitrogens with zero attached hydrogens (tertiary/aromatic N) is 3. The van der Waals surface area contributed by atoms with E-state index in [1.807, 2.05) is 7.05 Å². The Labute approximate surface area is 183 Å². The molecule has 2 fully saturated rings. The molecule has 2 rings (SSSR count). The van der Waals surface area contributed by atoms with Gasteiger partial charge in [0.2, 0.25) is 0 Å². The van der Waals surface area contributed by atoms with Gasteiger partial charge in [-0.2, -0.15) is 0 Å². The number of hydrogen-bond donors (Lipinski definition) is 2. The van der Waals surface area contributed by atoms with Crippen LogP contribution in [0.2, 0.25) is 0 Å². The number of aliphatic imine (C=N–C) groups is 1. The summed E-state index contributed by atoms with van der Waals surface area (Å²) in [6.07, 6.45) is 5.01. The van der Waals surface area contributed by atoms with Gasteiger partial charge in [0.15, 0.2) is 5.96 Å². The monoisotopic (exact) mass is 495 g/mol. The van der Waals surface area contributed by atoms with Crippen molar-refractivity contribution in [3.8, 4) is 0 Å². The maximum atomic E-state index is 5.99. The van der Waals surface area contributed by atoms with Gasteiger partial charge in [-0.15, -0.1) is 24.0 Å². The summed E-state index contributed by atoms with van der Waals surface area (Å²) in [5, 5.41) is 7.20. The predicted molar refractivity (Wildman–Crippen MR) is 125 cm³/mol. The third kappa shape index (κ3) is 6.44. The van der Waals surface area contributed by atoms with Gasteiger partial charge in [0.25, 0.3) is 0 Å². The lowest BCUT2D eigenvalue weighted by Gasteiger charge is -2.55. The first-order valence-corrected chi connectivity index (χ1v) is 10.6. The molecular weight excluding hydrogens is 453 g/mol. The molecule has 0 aromatic rings. The van der Waals surface area contributed by atoms with E-state index in [0.717, 1.165) is 51.5 Å². The summed E-state index contributed by atoms with van der Waals surface area (Å²) in [5.41, 5.74) is 0.239. The molecule has 6 nitrogen and oxygen atoms in total. The molecule has 0 amide bonds. The quantitative estimate of drug-likeness (QED) is 0.308. The summed E-state index contributed by atoms with van der Waals surface area (Å²) >= 11 is 0. The Morgan fingerprint density at radius 2 is 1.89 bits per heavy atom. The SMILES string of the molecule is CCOC1CC(NC(=NC)NCCN2CCCN(C)CC2)C1(CC)CC.I. The lowest BCUT2D eigenvalue weighted by molar-refractivity contribution is -0.133. The van der Waals surface area contributed by atoms with Crippen LogP contribution in [0.1, 0.15) is 46.5 Å². The summed E-state index contributed by atoms with van der Waals surface area (Å²) in [6, 6.07) is 0.451. The summed E-state index contributed by atoms with van der Waals surface area (Å²) < 4.78 is 5.99. The number of ether oxygens (including phenoxy) is 1. The molecule has 1 saturated carbocycles. The highest BCUT2D eigenvalue weighted by molar-refractivity contribution is 14.0. The summed E-state index contributed by atoms with van der Waals surface area (Å²) in [6.45, 7) is 14.2. The molecule has 1 heterocycles. The van der Waals surface area contributed by atoms with Crippen LogP contribution in [0.15, 0.2) is 4.99 Å². The average molecular weight is 495 g/mol. The van der Waals surface area contributed by atoms with Crippen molar-refractivity contribution >= 4 is 29.9 Å². The smallest absolute Gasteiger partial charge is 0.191 e. The van der Waals surface area contributed by atoms with Crippen molar-refractivity contribution in [1.29, 1.82) is 0 Å². The van der Waals surface area contributed by atoms with Crippen LogP contribution in [0.5, 0.6) is 0 Å². The predicted octanol–water partition coefficient (Wildman–Crippen LogP) is 2.39. The van der Waals surface area contributed by atoms with Crippen molar-refractivity contribution in [3.05, 3.63) is 0 Å². The van der Waals surface area contributed by atoms with Crippen molar-refractivity contribution in [3.63, 3.8) is 0 Å². The molecule has 1 aliphatic carbocycles.